The van der Waals surface area contributed by atoms with Crippen molar-refractivity contribution in [3.63, 3.8) is 0 Å². The summed E-state index contributed by atoms with van der Waals surface area (Å²) in [6.07, 6.45) is 1.82. The number of aliphatic hydroxyl groups excluding tert-OH is 1. The maximum Gasteiger partial charge on any atom is 0.258 e. The first-order valence-corrected chi connectivity index (χ1v) is 6.73. The lowest BCUT2D eigenvalue weighted by Crippen LogP contribution is -2.37. The number of hydrogen-bond donors (Lipinski definition) is 2. The third kappa shape index (κ3) is 4.56. The Morgan fingerprint density at radius 3 is 2.63 bits per heavy atom. The van der Waals surface area contributed by atoms with Crippen molar-refractivity contribution >= 4 is 5.91 Å². The summed E-state index contributed by atoms with van der Waals surface area (Å²) in [6, 6.07) is 5.75. The van der Waals surface area contributed by atoms with Crippen LogP contribution >= 0.6 is 0 Å². The van der Waals surface area contributed by atoms with Gasteiger partial charge in [0.15, 0.2) is 6.61 Å². The van der Waals surface area contributed by atoms with Crippen LogP contribution in [0.3, 0.4) is 0 Å². The lowest BCUT2D eigenvalue weighted by molar-refractivity contribution is -0.123. The zero-order valence-electron chi connectivity index (χ0n) is 11.9. The number of aliphatic hydroxyl groups is 1. The van der Waals surface area contributed by atoms with E-state index < -0.39 is 0 Å². The van der Waals surface area contributed by atoms with E-state index >= 15 is 0 Å². The molecule has 0 aliphatic heterocycles. The molecular weight excluding hydrogens is 242 g/mol. The molecule has 0 saturated heterocycles. The zero-order valence-corrected chi connectivity index (χ0v) is 11.9. The van der Waals surface area contributed by atoms with Crippen LogP contribution in [0.4, 0.5) is 0 Å². The number of rotatable bonds is 7. The van der Waals surface area contributed by atoms with Crippen molar-refractivity contribution in [2.75, 3.05) is 6.61 Å². The summed E-state index contributed by atoms with van der Waals surface area (Å²) in [5, 5.41) is 12.2. The van der Waals surface area contributed by atoms with Crippen molar-refractivity contribution in [2.45, 2.75) is 46.3 Å². The molecule has 0 aromatic heterocycles. The topological polar surface area (TPSA) is 58.6 Å². The van der Waals surface area contributed by atoms with Gasteiger partial charge >= 0.3 is 0 Å². The first kappa shape index (κ1) is 15.5. The number of para-hydroxylation sites is 1. The van der Waals surface area contributed by atoms with Crippen LogP contribution in [0.5, 0.6) is 5.75 Å². The van der Waals surface area contributed by atoms with E-state index in [0.29, 0.717) is 11.3 Å². The van der Waals surface area contributed by atoms with Gasteiger partial charge in [0.2, 0.25) is 0 Å². The molecule has 0 radical (unpaired) electrons. The Morgan fingerprint density at radius 2 is 2.05 bits per heavy atom. The normalized spacial score (nSPS) is 10.6. The molecule has 0 aliphatic carbocycles. The first-order chi connectivity index (χ1) is 9.12. The van der Waals surface area contributed by atoms with Gasteiger partial charge in [-0.1, -0.05) is 32.0 Å². The molecule has 1 rings (SSSR count). The summed E-state index contributed by atoms with van der Waals surface area (Å²) < 4.78 is 5.54. The minimum absolute atomic E-state index is 0.0195. The van der Waals surface area contributed by atoms with E-state index in [-0.39, 0.29) is 25.2 Å². The third-order valence-electron chi connectivity index (χ3n) is 3.16. The predicted molar refractivity (Wildman–Crippen MR) is 75.1 cm³/mol. The van der Waals surface area contributed by atoms with Gasteiger partial charge in [-0.3, -0.25) is 4.79 Å². The molecule has 2 N–H and O–H groups in total. The first-order valence-electron chi connectivity index (χ1n) is 6.73. The van der Waals surface area contributed by atoms with Gasteiger partial charge in [0, 0.05) is 11.6 Å². The molecule has 106 valence electrons. The molecule has 1 amide bonds. The van der Waals surface area contributed by atoms with E-state index in [4.69, 9.17) is 4.74 Å². The number of benzene rings is 1. The standard InChI is InChI=1S/C15H23NO3/c1-4-13(5-2)16-14(18)10-19-15-11(3)7-6-8-12(15)9-17/h6-8,13,17H,4-5,9-10H2,1-3H3,(H,16,18). The van der Waals surface area contributed by atoms with E-state index in [1.807, 2.05) is 32.9 Å². The monoisotopic (exact) mass is 265 g/mol. The lowest BCUT2D eigenvalue weighted by Gasteiger charge is -2.16. The fourth-order valence-corrected chi connectivity index (χ4v) is 1.94. The molecular formula is C15H23NO3. The Balaban J connectivity index is 2.59. The van der Waals surface area contributed by atoms with Crippen molar-refractivity contribution in [2.24, 2.45) is 0 Å². The lowest BCUT2D eigenvalue weighted by atomic mass is 10.1. The quantitative estimate of drug-likeness (QED) is 0.794. The third-order valence-corrected chi connectivity index (χ3v) is 3.16. The Labute approximate surface area is 114 Å². The maximum absolute atomic E-state index is 11.8. The summed E-state index contributed by atoms with van der Waals surface area (Å²) in [6.45, 7) is 5.87. The van der Waals surface area contributed by atoms with Gasteiger partial charge in [-0.2, -0.15) is 0 Å². The van der Waals surface area contributed by atoms with E-state index in [9.17, 15) is 9.90 Å². The minimum atomic E-state index is -0.124. The maximum atomic E-state index is 11.8. The van der Waals surface area contributed by atoms with Gasteiger partial charge in [-0.25, -0.2) is 0 Å². The highest BCUT2D eigenvalue weighted by molar-refractivity contribution is 5.77. The second kappa shape index (κ2) is 7.79. The van der Waals surface area contributed by atoms with Crippen LogP contribution in [0.2, 0.25) is 0 Å². The van der Waals surface area contributed by atoms with Crippen molar-refractivity contribution in [3.05, 3.63) is 29.3 Å². The molecule has 1 aromatic rings. The molecule has 0 bridgehead atoms. The Hall–Kier alpha value is -1.55. The predicted octanol–water partition coefficient (Wildman–Crippen LogP) is 2.17. The SMILES string of the molecule is CCC(CC)NC(=O)COc1c(C)cccc1CO. The molecule has 1 aromatic carbocycles. The van der Waals surface area contributed by atoms with Gasteiger partial charge < -0.3 is 15.2 Å². The van der Waals surface area contributed by atoms with Crippen molar-refractivity contribution in [1.82, 2.24) is 5.32 Å². The molecule has 0 atom stereocenters. The van der Waals surface area contributed by atoms with Gasteiger partial charge in [0.05, 0.1) is 6.61 Å². The summed E-state index contributed by atoms with van der Waals surface area (Å²) in [5.74, 6) is 0.477. The molecule has 0 saturated carbocycles. The van der Waals surface area contributed by atoms with Crippen LogP contribution in [0.15, 0.2) is 18.2 Å². The highest BCUT2D eigenvalue weighted by Gasteiger charge is 2.11. The molecule has 4 nitrogen and oxygen atoms in total. The van der Waals surface area contributed by atoms with E-state index in [2.05, 4.69) is 5.32 Å². The molecule has 0 aliphatic rings. The molecule has 19 heavy (non-hydrogen) atoms. The molecule has 0 spiro atoms. The van der Waals surface area contributed by atoms with Gasteiger partial charge in [0.1, 0.15) is 5.75 Å². The fourth-order valence-electron chi connectivity index (χ4n) is 1.94. The molecule has 0 unspecified atom stereocenters. The fraction of sp³-hybridized carbons (Fsp3) is 0.533. The van der Waals surface area contributed by atoms with Gasteiger partial charge in [-0.05, 0) is 25.3 Å². The highest BCUT2D eigenvalue weighted by Crippen LogP contribution is 2.23. The summed E-state index contributed by atoms with van der Waals surface area (Å²) in [4.78, 5) is 11.8. The Morgan fingerprint density at radius 1 is 1.37 bits per heavy atom. The Bertz CT molecular complexity index is 414. The number of amides is 1. The minimum Gasteiger partial charge on any atom is -0.483 e. The van der Waals surface area contributed by atoms with E-state index in [1.165, 1.54) is 0 Å². The number of nitrogens with one attached hydrogen (secondary N) is 1. The van der Waals surface area contributed by atoms with Crippen molar-refractivity contribution < 1.29 is 14.6 Å². The van der Waals surface area contributed by atoms with Crippen molar-refractivity contribution in [3.8, 4) is 5.75 Å². The van der Waals surface area contributed by atoms with Crippen LogP contribution in [0.1, 0.15) is 37.8 Å². The van der Waals surface area contributed by atoms with Gasteiger partial charge in [-0.15, -0.1) is 0 Å². The molecule has 0 heterocycles. The van der Waals surface area contributed by atoms with Crippen LogP contribution in [-0.2, 0) is 11.4 Å². The van der Waals surface area contributed by atoms with Gasteiger partial charge in [0.25, 0.3) is 5.91 Å². The largest absolute Gasteiger partial charge is 0.483 e. The highest BCUT2D eigenvalue weighted by atomic mass is 16.5. The van der Waals surface area contributed by atoms with E-state index in [0.717, 1.165) is 18.4 Å². The van der Waals surface area contributed by atoms with Crippen molar-refractivity contribution in [1.29, 1.82) is 0 Å². The zero-order chi connectivity index (χ0) is 14.3. The molecule has 0 fully saturated rings. The number of hydrogen-bond acceptors (Lipinski definition) is 3. The number of carbonyl (C=O) groups excluding carboxylic acids is 1. The van der Waals surface area contributed by atoms with Crippen LogP contribution in [0.25, 0.3) is 0 Å². The summed E-state index contributed by atoms with van der Waals surface area (Å²) in [7, 11) is 0. The molecule has 4 heteroatoms. The average Bonchev–Trinajstić information content (AvgIpc) is 2.43. The van der Waals surface area contributed by atoms with E-state index in [1.54, 1.807) is 6.07 Å². The number of aryl methyl sites for hydroxylation is 1. The number of ether oxygens (including phenoxy) is 1. The van der Waals surface area contributed by atoms with Crippen LogP contribution in [-0.4, -0.2) is 23.7 Å². The second-order valence-corrected chi connectivity index (χ2v) is 4.59. The smallest absolute Gasteiger partial charge is 0.258 e. The van der Waals surface area contributed by atoms with Crippen LogP contribution in [0, 0.1) is 6.92 Å². The summed E-state index contributed by atoms with van der Waals surface area (Å²) >= 11 is 0. The average molecular weight is 265 g/mol. The summed E-state index contributed by atoms with van der Waals surface area (Å²) in [5.41, 5.74) is 1.62. The van der Waals surface area contributed by atoms with Crippen LogP contribution < -0.4 is 10.1 Å². The Kier molecular flexibility index (Phi) is 6.36. The second-order valence-electron chi connectivity index (χ2n) is 4.59. The number of carbonyl (C=O) groups is 1.